The summed E-state index contributed by atoms with van der Waals surface area (Å²) in [5, 5.41) is 2.04. The van der Waals surface area contributed by atoms with Crippen LogP contribution in [0.3, 0.4) is 0 Å². The summed E-state index contributed by atoms with van der Waals surface area (Å²) in [7, 11) is 0. The first-order chi connectivity index (χ1) is 26.7. The molecular weight excluding hydrogens is 659 g/mol. The van der Waals surface area contributed by atoms with Crippen molar-refractivity contribution in [1.29, 1.82) is 0 Å². The molecule has 2 aliphatic rings. The largest absolute Gasteiger partial charge is 0.456 e. The second kappa shape index (κ2) is 12.1. The highest BCUT2D eigenvalue weighted by Crippen LogP contribution is 2.53. The maximum absolute atomic E-state index is 6.66. The van der Waals surface area contributed by atoms with E-state index in [1.807, 2.05) is 36.4 Å². The minimum Gasteiger partial charge on any atom is -0.456 e. The molecule has 1 unspecified atom stereocenters. The summed E-state index contributed by atoms with van der Waals surface area (Å²) in [5.41, 5.74) is 17.1. The molecule has 0 fully saturated rings. The van der Waals surface area contributed by atoms with Crippen LogP contribution in [-0.4, -0.2) is 15.0 Å². The summed E-state index contributed by atoms with van der Waals surface area (Å²) in [6.07, 6.45) is 3.43. The molecule has 0 radical (unpaired) electrons. The summed E-state index contributed by atoms with van der Waals surface area (Å²) in [5.74, 6) is 2.22. The van der Waals surface area contributed by atoms with Crippen LogP contribution < -0.4 is 0 Å². The standard InChI is InChI=1S/C50H33N3O/c1-30-20-25-39-37-16-8-9-17-38(37)40-27-26-36(45(30)47(39)40)35-28-42(46-41-18-10-11-19-43(41)54-44(46)29-35)50-52-48(33-14-6-3-7-15-33)51-49(53-50)34-23-21-32(22-24-34)31-12-4-2-5-13-31/h2-19,21-30H,20H2,1H3. The van der Waals surface area contributed by atoms with E-state index in [1.54, 1.807) is 0 Å². The Morgan fingerprint density at radius 2 is 1.06 bits per heavy atom. The summed E-state index contributed by atoms with van der Waals surface area (Å²) < 4.78 is 6.66. The van der Waals surface area contributed by atoms with Crippen LogP contribution >= 0.6 is 0 Å². The van der Waals surface area contributed by atoms with Crippen LogP contribution in [0, 0.1) is 0 Å². The van der Waals surface area contributed by atoms with E-state index in [0.717, 1.165) is 56.2 Å². The minimum absolute atomic E-state index is 0.357. The van der Waals surface area contributed by atoms with Crippen LogP contribution in [0.5, 0.6) is 0 Å². The molecule has 2 aromatic heterocycles. The highest BCUT2D eigenvalue weighted by molar-refractivity contribution is 6.13. The van der Waals surface area contributed by atoms with Crippen molar-refractivity contribution in [2.24, 2.45) is 0 Å². The molecule has 0 bridgehead atoms. The van der Waals surface area contributed by atoms with Crippen molar-refractivity contribution >= 4 is 27.5 Å². The lowest BCUT2D eigenvalue weighted by atomic mass is 9.79. The predicted octanol–water partition coefficient (Wildman–Crippen LogP) is 13.0. The molecule has 254 valence electrons. The number of rotatable bonds is 5. The van der Waals surface area contributed by atoms with Crippen LogP contribution in [0.25, 0.3) is 95.1 Å². The number of aromatic nitrogens is 3. The Morgan fingerprint density at radius 3 is 1.83 bits per heavy atom. The molecule has 9 aromatic rings. The van der Waals surface area contributed by atoms with E-state index in [9.17, 15) is 0 Å². The van der Waals surface area contributed by atoms with Crippen LogP contribution in [0.2, 0.25) is 0 Å². The van der Waals surface area contributed by atoms with Crippen LogP contribution in [-0.2, 0) is 0 Å². The number of para-hydroxylation sites is 1. The highest BCUT2D eigenvalue weighted by atomic mass is 16.3. The average molecular weight is 692 g/mol. The maximum Gasteiger partial charge on any atom is 0.164 e. The second-order valence-corrected chi connectivity index (χ2v) is 14.4. The summed E-state index contributed by atoms with van der Waals surface area (Å²) >= 11 is 0. The molecule has 2 aliphatic carbocycles. The summed E-state index contributed by atoms with van der Waals surface area (Å²) in [4.78, 5) is 15.6. The molecule has 4 nitrogen and oxygen atoms in total. The van der Waals surface area contributed by atoms with Crippen molar-refractivity contribution in [1.82, 2.24) is 15.0 Å². The third kappa shape index (κ3) is 4.80. The maximum atomic E-state index is 6.66. The van der Waals surface area contributed by atoms with E-state index in [4.69, 9.17) is 19.4 Å². The monoisotopic (exact) mass is 691 g/mol. The van der Waals surface area contributed by atoms with E-state index < -0.39 is 0 Å². The molecule has 54 heavy (non-hydrogen) atoms. The van der Waals surface area contributed by atoms with E-state index >= 15 is 0 Å². The van der Waals surface area contributed by atoms with Gasteiger partial charge in [0.15, 0.2) is 17.5 Å². The molecule has 11 rings (SSSR count). The van der Waals surface area contributed by atoms with E-state index in [0.29, 0.717) is 23.4 Å². The van der Waals surface area contributed by atoms with Crippen molar-refractivity contribution < 1.29 is 4.42 Å². The first-order valence-corrected chi connectivity index (χ1v) is 18.6. The van der Waals surface area contributed by atoms with Gasteiger partial charge in [0.05, 0.1) is 0 Å². The van der Waals surface area contributed by atoms with Crippen LogP contribution in [0.4, 0.5) is 0 Å². The predicted molar refractivity (Wildman–Crippen MR) is 220 cm³/mol. The van der Waals surface area contributed by atoms with Crippen molar-refractivity contribution in [3.63, 3.8) is 0 Å². The van der Waals surface area contributed by atoms with Gasteiger partial charge in [-0.15, -0.1) is 0 Å². The molecule has 0 saturated carbocycles. The van der Waals surface area contributed by atoms with Crippen LogP contribution in [0.1, 0.15) is 36.0 Å². The fraction of sp³-hybridized carbons (Fsp3) is 0.0600. The zero-order valence-corrected chi connectivity index (χ0v) is 29.6. The number of nitrogens with zero attached hydrogens (tertiary/aromatic N) is 3. The van der Waals surface area contributed by atoms with Crippen molar-refractivity contribution in [2.45, 2.75) is 19.3 Å². The van der Waals surface area contributed by atoms with E-state index in [-0.39, 0.29) is 0 Å². The molecule has 1 atom stereocenters. The molecule has 0 amide bonds. The lowest BCUT2D eigenvalue weighted by molar-refractivity contribution is 0.669. The second-order valence-electron chi connectivity index (χ2n) is 14.4. The van der Waals surface area contributed by atoms with Gasteiger partial charge in [0, 0.05) is 27.5 Å². The van der Waals surface area contributed by atoms with Gasteiger partial charge in [-0.25, -0.2) is 15.0 Å². The number of hydrogen-bond donors (Lipinski definition) is 0. The number of hydrogen-bond acceptors (Lipinski definition) is 4. The number of allylic oxidation sites excluding steroid dienone is 1. The molecule has 4 heteroatoms. The Labute approximate surface area is 313 Å². The fourth-order valence-corrected chi connectivity index (χ4v) is 8.58. The number of fused-ring (bicyclic) bond motifs is 6. The Balaban J connectivity index is 1.15. The third-order valence-electron chi connectivity index (χ3n) is 11.1. The third-order valence-corrected chi connectivity index (χ3v) is 11.1. The van der Waals surface area contributed by atoms with Gasteiger partial charge >= 0.3 is 0 Å². The minimum atomic E-state index is 0.357. The van der Waals surface area contributed by atoms with Gasteiger partial charge in [0.25, 0.3) is 0 Å². The first kappa shape index (κ1) is 30.7. The number of furan rings is 1. The van der Waals surface area contributed by atoms with E-state index in [1.165, 1.54) is 44.5 Å². The van der Waals surface area contributed by atoms with Gasteiger partial charge in [0.2, 0.25) is 0 Å². The Kier molecular flexibility index (Phi) is 6.86. The molecule has 0 aliphatic heterocycles. The topological polar surface area (TPSA) is 51.8 Å². The lowest BCUT2D eigenvalue weighted by Crippen LogP contribution is -2.06. The summed E-state index contributed by atoms with van der Waals surface area (Å²) in [6.45, 7) is 2.35. The van der Waals surface area contributed by atoms with Gasteiger partial charge in [-0.2, -0.15) is 0 Å². The van der Waals surface area contributed by atoms with E-state index in [2.05, 4.69) is 134 Å². The zero-order chi connectivity index (χ0) is 35.8. The molecular formula is C50H33N3O. The normalized spacial score (nSPS) is 14.2. The Hall–Kier alpha value is -6.91. The molecule has 0 saturated heterocycles. The molecule has 0 spiro atoms. The highest BCUT2D eigenvalue weighted by Gasteiger charge is 2.32. The smallest absolute Gasteiger partial charge is 0.164 e. The van der Waals surface area contributed by atoms with Crippen LogP contribution in [0.15, 0.2) is 168 Å². The molecule has 7 aromatic carbocycles. The number of benzene rings is 7. The first-order valence-electron chi connectivity index (χ1n) is 18.6. The van der Waals surface area contributed by atoms with Crippen molar-refractivity contribution in [3.05, 3.63) is 180 Å². The Morgan fingerprint density at radius 1 is 0.463 bits per heavy atom. The van der Waals surface area contributed by atoms with Gasteiger partial charge in [-0.3, -0.25) is 0 Å². The zero-order valence-electron chi connectivity index (χ0n) is 29.6. The SMILES string of the molecule is CC1CC=C2c3ccccc3-c3ccc(-c4cc(-c5nc(-c6ccccc6)nc(-c6ccc(-c7ccccc7)cc6)n5)c5c(c4)oc4ccccc45)c1c32. The summed E-state index contributed by atoms with van der Waals surface area (Å²) in [6, 6.07) is 55.3. The van der Waals surface area contributed by atoms with Gasteiger partial charge in [-0.05, 0) is 86.2 Å². The Bertz CT molecular complexity index is 2960. The molecule has 0 N–H and O–H groups in total. The lowest BCUT2D eigenvalue weighted by Gasteiger charge is -2.25. The van der Waals surface area contributed by atoms with Crippen molar-refractivity contribution in [2.75, 3.05) is 0 Å². The quantitative estimate of drug-likeness (QED) is 0.180. The average Bonchev–Trinajstić information content (AvgIpc) is 3.78. The van der Waals surface area contributed by atoms with Gasteiger partial charge < -0.3 is 4.42 Å². The fourth-order valence-electron chi connectivity index (χ4n) is 8.58. The van der Waals surface area contributed by atoms with Gasteiger partial charge in [0.1, 0.15) is 11.2 Å². The van der Waals surface area contributed by atoms with Gasteiger partial charge in [-0.1, -0.05) is 153 Å². The molecule has 2 heterocycles. The van der Waals surface area contributed by atoms with Crippen molar-refractivity contribution in [3.8, 4) is 67.5 Å².